The van der Waals surface area contributed by atoms with Crippen molar-refractivity contribution < 1.29 is 24.2 Å². The normalized spacial score (nSPS) is 16.2. The minimum absolute atomic E-state index is 0.0368. The summed E-state index contributed by atoms with van der Waals surface area (Å²) < 4.78 is 5.64. The molecule has 0 aromatic heterocycles. The van der Waals surface area contributed by atoms with E-state index < -0.39 is 23.6 Å². The van der Waals surface area contributed by atoms with Gasteiger partial charge in [0.1, 0.15) is 12.1 Å². The largest absolute Gasteiger partial charge is 0.479 e. The van der Waals surface area contributed by atoms with E-state index in [1.165, 1.54) is 11.9 Å². The average Bonchev–Trinajstić information content (AvgIpc) is 3.59. The lowest BCUT2D eigenvalue weighted by atomic mass is 9.98. The van der Waals surface area contributed by atoms with Crippen molar-refractivity contribution in [1.29, 1.82) is 0 Å². The first-order valence-electron chi connectivity index (χ1n) is 12.0. The number of alkyl carbamates (subject to hydrolysis) is 1. The molecule has 4 rings (SSSR count). The Hall–Kier alpha value is -3.35. The molecule has 180 valence electrons. The molecule has 2 N–H and O–H groups in total. The lowest BCUT2D eigenvalue weighted by Crippen LogP contribution is -2.47. The summed E-state index contributed by atoms with van der Waals surface area (Å²) in [6.45, 7) is 2.25. The van der Waals surface area contributed by atoms with Crippen LogP contribution in [-0.4, -0.2) is 53.2 Å². The number of rotatable bonds is 10. The van der Waals surface area contributed by atoms with Crippen molar-refractivity contribution in [3.8, 4) is 11.1 Å². The summed E-state index contributed by atoms with van der Waals surface area (Å²) in [7, 11) is 1.54. The number of carbonyl (C=O) groups excluding carboxylic acids is 2. The van der Waals surface area contributed by atoms with Gasteiger partial charge in [-0.15, -0.1) is 0 Å². The van der Waals surface area contributed by atoms with Crippen LogP contribution in [0.25, 0.3) is 11.1 Å². The Balaban J connectivity index is 1.38. The number of carboxylic acid groups (broad SMARTS) is 1. The molecule has 0 radical (unpaired) electrons. The fourth-order valence-corrected chi connectivity index (χ4v) is 4.88. The second-order valence-electron chi connectivity index (χ2n) is 9.30. The van der Waals surface area contributed by atoms with E-state index in [1.54, 1.807) is 0 Å². The molecule has 0 aliphatic heterocycles. The highest BCUT2D eigenvalue weighted by Crippen LogP contribution is 2.44. The third-order valence-corrected chi connectivity index (χ3v) is 7.13. The number of nitrogens with zero attached hydrogens (tertiary/aromatic N) is 1. The second kappa shape index (κ2) is 9.87. The van der Waals surface area contributed by atoms with Crippen LogP contribution in [0.2, 0.25) is 0 Å². The molecule has 0 saturated heterocycles. The number of fused-ring (bicyclic) bond motifs is 3. The van der Waals surface area contributed by atoms with Gasteiger partial charge in [-0.2, -0.15) is 0 Å². The highest BCUT2D eigenvalue weighted by molar-refractivity contribution is 5.89. The molecule has 2 aliphatic carbocycles. The van der Waals surface area contributed by atoms with Gasteiger partial charge in [-0.25, -0.2) is 9.59 Å². The smallest absolute Gasteiger partial charge is 0.407 e. The van der Waals surface area contributed by atoms with E-state index in [-0.39, 0.29) is 24.9 Å². The lowest BCUT2D eigenvalue weighted by Gasteiger charge is -2.27. The zero-order valence-electron chi connectivity index (χ0n) is 19.8. The predicted octanol–water partition coefficient (Wildman–Crippen LogP) is 4.55. The number of benzene rings is 2. The molecule has 0 bridgehead atoms. The number of hydrogen-bond donors (Lipinski definition) is 2. The number of carboxylic acids is 1. The van der Waals surface area contributed by atoms with E-state index in [4.69, 9.17) is 4.74 Å². The van der Waals surface area contributed by atoms with Gasteiger partial charge in [0.2, 0.25) is 5.91 Å². The molecule has 2 aromatic rings. The predicted molar refractivity (Wildman–Crippen MR) is 129 cm³/mol. The highest BCUT2D eigenvalue weighted by Gasteiger charge is 2.55. The fraction of sp³-hybridized carbons (Fsp3) is 0.444. The third kappa shape index (κ3) is 4.65. The molecule has 1 fully saturated rings. The molecular weight excluding hydrogens is 432 g/mol. The van der Waals surface area contributed by atoms with Gasteiger partial charge in [0.25, 0.3) is 0 Å². The summed E-state index contributed by atoms with van der Waals surface area (Å²) >= 11 is 0. The van der Waals surface area contributed by atoms with Crippen molar-refractivity contribution in [1.82, 2.24) is 10.2 Å². The minimum Gasteiger partial charge on any atom is -0.479 e. The molecule has 0 unspecified atom stereocenters. The van der Waals surface area contributed by atoms with E-state index in [0.29, 0.717) is 19.3 Å². The Morgan fingerprint density at radius 1 is 1.09 bits per heavy atom. The van der Waals surface area contributed by atoms with Gasteiger partial charge in [-0.3, -0.25) is 4.79 Å². The van der Waals surface area contributed by atoms with Crippen LogP contribution in [0, 0.1) is 0 Å². The Bertz CT molecular complexity index is 1030. The maximum Gasteiger partial charge on any atom is 0.407 e. The maximum atomic E-state index is 12.8. The van der Waals surface area contributed by atoms with E-state index in [0.717, 1.165) is 35.1 Å². The molecule has 0 heterocycles. The molecule has 2 aliphatic rings. The molecule has 7 heteroatoms. The van der Waals surface area contributed by atoms with Crippen molar-refractivity contribution in [3.05, 3.63) is 59.7 Å². The fourth-order valence-electron chi connectivity index (χ4n) is 4.88. The first kappa shape index (κ1) is 23.8. The van der Waals surface area contributed by atoms with Crippen molar-refractivity contribution in [2.75, 3.05) is 13.7 Å². The molecular formula is C27H32N2O5. The van der Waals surface area contributed by atoms with E-state index in [9.17, 15) is 19.5 Å². The van der Waals surface area contributed by atoms with Gasteiger partial charge < -0.3 is 20.1 Å². The molecule has 2 amide bonds. The second-order valence-corrected chi connectivity index (χ2v) is 9.30. The zero-order valence-corrected chi connectivity index (χ0v) is 19.8. The Labute approximate surface area is 200 Å². The highest BCUT2D eigenvalue weighted by atomic mass is 16.5. The van der Waals surface area contributed by atoms with Crippen molar-refractivity contribution in [2.24, 2.45) is 0 Å². The summed E-state index contributed by atoms with van der Waals surface area (Å²) in [6, 6.07) is 15.9. The van der Waals surface area contributed by atoms with E-state index in [2.05, 4.69) is 29.6 Å². The number of aliphatic carboxylic acids is 1. The average molecular weight is 465 g/mol. The third-order valence-electron chi connectivity index (χ3n) is 7.13. The molecule has 2 aromatic carbocycles. The Morgan fingerprint density at radius 3 is 2.21 bits per heavy atom. The monoisotopic (exact) mass is 464 g/mol. The van der Waals surface area contributed by atoms with Gasteiger partial charge in [-0.1, -0.05) is 68.3 Å². The lowest BCUT2D eigenvalue weighted by molar-refractivity contribution is -0.151. The van der Waals surface area contributed by atoms with Gasteiger partial charge in [0, 0.05) is 25.4 Å². The molecule has 7 nitrogen and oxygen atoms in total. The number of nitrogens with one attached hydrogen (secondary N) is 1. The number of hydrogen-bond acceptors (Lipinski definition) is 4. The van der Waals surface area contributed by atoms with E-state index in [1.807, 2.05) is 31.2 Å². The molecule has 0 spiro atoms. The topological polar surface area (TPSA) is 95.9 Å². The van der Waals surface area contributed by atoms with Crippen LogP contribution < -0.4 is 5.32 Å². The van der Waals surface area contributed by atoms with E-state index >= 15 is 0 Å². The first-order chi connectivity index (χ1) is 16.4. The van der Waals surface area contributed by atoms with Crippen LogP contribution in [0.1, 0.15) is 62.5 Å². The van der Waals surface area contributed by atoms with Crippen LogP contribution in [0.4, 0.5) is 4.79 Å². The summed E-state index contributed by atoms with van der Waals surface area (Å²) in [6.07, 6.45) is 2.81. The van der Waals surface area contributed by atoms with Crippen LogP contribution in [0.3, 0.4) is 0 Å². The molecule has 1 saturated carbocycles. The Morgan fingerprint density at radius 2 is 1.68 bits per heavy atom. The minimum atomic E-state index is -1.09. The van der Waals surface area contributed by atoms with Gasteiger partial charge in [0.05, 0.1) is 0 Å². The number of likely N-dealkylation sites (N-methyl/N-ethyl adjacent to an activating group) is 1. The number of ether oxygens (including phenoxy) is 1. The van der Waals surface area contributed by atoms with Gasteiger partial charge in [0.15, 0.2) is 0 Å². The summed E-state index contributed by atoms with van der Waals surface area (Å²) in [4.78, 5) is 38.4. The summed E-state index contributed by atoms with van der Waals surface area (Å²) in [5, 5.41) is 12.3. The first-order valence-corrected chi connectivity index (χ1v) is 12.0. The Kier molecular flexibility index (Phi) is 6.91. The van der Waals surface area contributed by atoms with Crippen molar-refractivity contribution >= 4 is 18.0 Å². The SMILES string of the molecule is CCCC[C@H](CC(=O)N(C)C1(C(=O)O)CC1)NC(=O)OCC1c2ccccc2-c2ccccc21. The molecule has 1 atom stereocenters. The van der Waals surface area contributed by atoms with Crippen LogP contribution in [0.5, 0.6) is 0 Å². The van der Waals surface area contributed by atoms with Crippen LogP contribution in [-0.2, 0) is 14.3 Å². The summed E-state index contributed by atoms with van der Waals surface area (Å²) in [5.41, 5.74) is 3.51. The quantitative estimate of drug-likeness (QED) is 0.538. The van der Waals surface area contributed by atoms with Crippen LogP contribution >= 0.6 is 0 Å². The van der Waals surface area contributed by atoms with Crippen LogP contribution in [0.15, 0.2) is 48.5 Å². The van der Waals surface area contributed by atoms with Crippen molar-refractivity contribution in [2.45, 2.75) is 62.9 Å². The summed E-state index contributed by atoms with van der Waals surface area (Å²) in [5.74, 6) is -1.29. The maximum absolute atomic E-state index is 12.8. The van der Waals surface area contributed by atoms with Gasteiger partial charge in [-0.05, 0) is 41.5 Å². The standard InChI is InChI=1S/C27H32N2O5/c1-3-4-9-18(16-24(30)29(2)27(14-15-27)25(31)32)28-26(33)34-17-23-21-12-7-5-10-19(21)20-11-6-8-13-22(20)23/h5-8,10-13,18,23H,3-4,9,14-17H2,1-2H3,(H,28,33)(H,31,32)/t18-/m1/s1. The molecule has 34 heavy (non-hydrogen) atoms. The number of carbonyl (C=O) groups is 3. The number of unbranched alkanes of at least 4 members (excludes halogenated alkanes) is 1. The van der Waals surface area contributed by atoms with Gasteiger partial charge >= 0.3 is 12.1 Å². The number of amides is 2. The zero-order chi connectivity index (χ0) is 24.3. The van der Waals surface area contributed by atoms with Crippen molar-refractivity contribution in [3.63, 3.8) is 0 Å².